The zero-order valence-corrected chi connectivity index (χ0v) is 22.8. The number of likely N-dealkylation sites (N-methyl/N-ethyl adjacent to an activating group) is 1. The quantitative estimate of drug-likeness (QED) is 0.324. The van der Waals surface area contributed by atoms with Crippen LogP contribution in [0.25, 0.3) is 22.3 Å². The maximum Gasteiger partial charge on any atom is 0.187 e. The average Bonchev–Trinajstić information content (AvgIpc) is 3.63. The number of hydrogen-bond donors (Lipinski definition) is 3. The van der Waals surface area contributed by atoms with Gasteiger partial charge in [-0.05, 0) is 44.9 Å². The Balaban J connectivity index is 1.18. The molecule has 38 heavy (non-hydrogen) atoms. The highest BCUT2D eigenvalue weighted by Gasteiger charge is 2.30. The molecule has 200 valence electrons. The van der Waals surface area contributed by atoms with Crippen molar-refractivity contribution in [3.63, 3.8) is 0 Å². The van der Waals surface area contributed by atoms with Gasteiger partial charge in [0.15, 0.2) is 5.65 Å². The van der Waals surface area contributed by atoms with Crippen molar-refractivity contribution in [1.29, 1.82) is 0 Å². The van der Waals surface area contributed by atoms with Gasteiger partial charge in [0.2, 0.25) is 0 Å². The maximum absolute atomic E-state index is 6.53. The Labute approximate surface area is 226 Å². The maximum atomic E-state index is 6.53. The topological polar surface area (TPSA) is 121 Å². The summed E-state index contributed by atoms with van der Waals surface area (Å²) in [5, 5.41) is 13.9. The zero-order valence-electron chi connectivity index (χ0n) is 22.0. The third-order valence-corrected chi connectivity index (χ3v) is 8.64. The number of hydrogen-bond acceptors (Lipinski definition) is 10. The molecule has 4 aromatic rings. The van der Waals surface area contributed by atoms with Crippen molar-refractivity contribution < 1.29 is 4.74 Å². The Morgan fingerprint density at radius 2 is 1.95 bits per heavy atom. The van der Waals surface area contributed by atoms with Gasteiger partial charge < -0.3 is 20.7 Å². The van der Waals surface area contributed by atoms with Crippen molar-refractivity contribution in [3.05, 3.63) is 40.6 Å². The van der Waals surface area contributed by atoms with Gasteiger partial charge in [0, 0.05) is 49.1 Å². The number of anilines is 2. The molecule has 1 aromatic carbocycles. The first-order valence-electron chi connectivity index (χ1n) is 13.3. The van der Waals surface area contributed by atoms with E-state index in [9.17, 15) is 0 Å². The second-order valence-electron chi connectivity index (χ2n) is 10.4. The molecule has 1 saturated heterocycles. The molecular formula is C27H35N9OS. The van der Waals surface area contributed by atoms with Gasteiger partial charge in [-0.3, -0.25) is 10.00 Å². The molecule has 0 unspecified atom stereocenters. The van der Waals surface area contributed by atoms with Crippen molar-refractivity contribution in [2.45, 2.75) is 44.2 Å². The van der Waals surface area contributed by atoms with Crippen molar-refractivity contribution in [1.82, 2.24) is 34.9 Å². The smallest absolute Gasteiger partial charge is 0.187 e. The summed E-state index contributed by atoms with van der Waals surface area (Å²) in [4.78, 5) is 19.1. The number of nitrogens with two attached hydrogens (primary N) is 1. The van der Waals surface area contributed by atoms with E-state index >= 15 is 0 Å². The molecule has 11 heteroatoms. The monoisotopic (exact) mass is 533 g/mol. The third kappa shape index (κ3) is 5.05. The zero-order chi connectivity index (χ0) is 26.1. The van der Waals surface area contributed by atoms with Crippen molar-refractivity contribution in [3.8, 4) is 17.0 Å². The van der Waals surface area contributed by atoms with Crippen LogP contribution in [0.4, 0.5) is 11.5 Å². The standard InChI is InChI=1S/C27H35N9OS/c1-35-9-11-36(12-10-35)20-6-3-17(4-7-20)26-31-25(28)23-24(33-34-27(23)32-26)18-5-8-21(22(13-18)37-2)29-14-19-15-38-16-30-19/h5,8,13,15-17,20,29H,3-4,6-7,9-12,14H2,1-2H3,(H3,28,31,32,33,34). The molecule has 4 heterocycles. The lowest BCUT2D eigenvalue weighted by molar-refractivity contribution is 0.0873. The fourth-order valence-electron chi connectivity index (χ4n) is 5.75. The summed E-state index contributed by atoms with van der Waals surface area (Å²) in [6, 6.07) is 6.67. The summed E-state index contributed by atoms with van der Waals surface area (Å²) >= 11 is 1.58. The van der Waals surface area contributed by atoms with Gasteiger partial charge in [-0.1, -0.05) is 6.07 Å². The van der Waals surface area contributed by atoms with E-state index in [0.29, 0.717) is 30.0 Å². The molecule has 4 N–H and O–H groups in total. The molecule has 0 spiro atoms. The van der Waals surface area contributed by atoms with E-state index < -0.39 is 0 Å². The number of nitrogens with zero attached hydrogens (tertiary/aromatic N) is 6. The molecule has 0 amide bonds. The lowest BCUT2D eigenvalue weighted by atomic mass is 9.84. The van der Waals surface area contributed by atoms with Gasteiger partial charge in [-0.25, -0.2) is 15.0 Å². The number of nitrogen functional groups attached to an aromatic ring is 1. The van der Waals surface area contributed by atoms with E-state index in [-0.39, 0.29) is 0 Å². The lowest BCUT2D eigenvalue weighted by Gasteiger charge is -2.40. The van der Waals surface area contributed by atoms with Crippen molar-refractivity contribution in [2.24, 2.45) is 0 Å². The van der Waals surface area contributed by atoms with Gasteiger partial charge >= 0.3 is 0 Å². The average molecular weight is 534 g/mol. The molecule has 0 radical (unpaired) electrons. The number of fused-ring (bicyclic) bond motifs is 1. The summed E-state index contributed by atoms with van der Waals surface area (Å²) in [5.41, 5.74) is 12.6. The molecule has 6 rings (SSSR count). The van der Waals surface area contributed by atoms with Gasteiger partial charge in [0.05, 0.1) is 41.6 Å². The van der Waals surface area contributed by atoms with Crippen LogP contribution in [0.1, 0.15) is 43.1 Å². The number of ether oxygens (including phenoxy) is 1. The molecule has 10 nitrogen and oxygen atoms in total. The van der Waals surface area contributed by atoms with Gasteiger partial charge in [-0.2, -0.15) is 5.10 Å². The highest BCUT2D eigenvalue weighted by molar-refractivity contribution is 7.07. The highest BCUT2D eigenvalue weighted by atomic mass is 32.1. The summed E-state index contributed by atoms with van der Waals surface area (Å²) < 4.78 is 5.67. The van der Waals surface area contributed by atoms with Gasteiger partial charge in [0.1, 0.15) is 17.4 Å². The molecule has 3 aromatic heterocycles. The normalized spacial score (nSPS) is 21.1. The fraction of sp³-hybridized carbons (Fsp3) is 0.481. The van der Waals surface area contributed by atoms with Crippen LogP contribution >= 0.6 is 11.3 Å². The molecular weight excluding hydrogens is 498 g/mol. The van der Waals surface area contributed by atoms with Crippen LogP contribution in [-0.4, -0.2) is 81.3 Å². The second-order valence-corrected chi connectivity index (χ2v) is 11.1. The summed E-state index contributed by atoms with van der Waals surface area (Å²) in [7, 11) is 3.88. The van der Waals surface area contributed by atoms with E-state index in [1.54, 1.807) is 18.4 Å². The summed E-state index contributed by atoms with van der Waals surface area (Å²) in [6.45, 7) is 5.30. The first kappa shape index (κ1) is 25.0. The molecule has 0 bridgehead atoms. The number of aromatic amines is 1. The SMILES string of the molecule is COc1cc(-c2[nH]nc3nc(C4CCC(N5CCN(C)CC5)CC4)nc(N)c23)ccc1NCc1cscn1. The minimum absolute atomic E-state index is 0.328. The molecule has 1 saturated carbocycles. The van der Waals surface area contributed by atoms with E-state index in [1.165, 1.54) is 25.9 Å². The summed E-state index contributed by atoms with van der Waals surface area (Å²) in [5.74, 6) is 2.35. The van der Waals surface area contributed by atoms with Gasteiger partial charge in [0.25, 0.3) is 0 Å². The number of rotatable bonds is 7. The molecule has 0 atom stereocenters. The number of benzene rings is 1. The summed E-state index contributed by atoms with van der Waals surface area (Å²) in [6.07, 6.45) is 4.55. The minimum atomic E-state index is 0.328. The predicted molar refractivity (Wildman–Crippen MR) is 152 cm³/mol. The molecule has 1 aliphatic heterocycles. The van der Waals surface area contributed by atoms with Crippen molar-refractivity contribution >= 4 is 33.9 Å². The van der Waals surface area contributed by atoms with E-state index in [4.69, 9.17) is 20.4 Å². The second kappa shape index (κ2) is 10.8. The Hall–Kier alpha value is -3.28. The van der Waals surface area contributed by atoms with Crippen LogP contribution in [0.2, 0.25) is 0 Å². The van der Waals surface area contributed by atoms with Gasteiger partial charge in [-0.15, -0.1) is 11.3 Å². The largest absolute Gasteiger partial charge is 0.495 e. The van der Waals surface area contributed by atoms with Crippen LogP contribution in [0.5, 0.6) is 5.75 Å². The number of H-pyrrole nitrogens is 1. The number of methoxy groups -OCH3 is 1. The van der Waals surface area contributed by atoms with Crippen LogP contribution in [0.3, 0.4) is 0 Å². The Morgan fingerprint density at radius 3 is 2.68 bits per heavy atom. The Bertz CT molecular complexity index is 1370. The first-order valence-corrected chi connectivity index (χ1v) is 14.3. The third-order valence-electron chi connectivity index (χ3n) is 8.01. The number of piperazine rings is 1. The van der Waals surface area contributed by atoms with Crippen LogP contribution in [-0.2, 0) is 6.54 Å². The first-order chi connectivity index (χ1) is 18.6. The lowest BCUT2D eigenvalue weighted by Crippen LogP contribution is -2.49. The highest BCUT2D eigenvalue weighted by Crippen LogP contribution is 2.38. The van der Waals surface area contributed by atoms with E-state index in [0.717, 1.165) is 65.5 Å². The molecule has 1 aliphatic carbocycles. The minimum Gasteiger partial charge on any atom is -0.495 e. The van der Waals surface area contributed by atoms with E-state index in [1.807, 2.05) is 29.1 Å². The molecule has 2 aliphatic rings. The number of nitrogens with one attached hydrogen (secondary N) is 2. The molecule has 2 fully saturated rings. The van der Waals surface area contributed by atoms with Crippen LogP contribution < -0.4 is 15.8 Å². The van der Waals surface area contributed by atoms with Crippen LogP contribution in [0.15, 0.2) is 29.1 Å². The Kier molecular flexibility index (Phi) is 7.14. The predicted octanol–water partition coefficient (Wildman–Crippen LogP) is 3.95. The number of thiazole rings is 1. The fourth-order valence-corrected chi connectivity index (χ4v) is 6.31. The van der Waals surface area contributed by atoms with Crippen LogP contribution in [0, 0.1) is 0 Å². The number of aromatic nitrogens is 5. The Morgan fingerprint density at radius 1 is 1.13 bits per heavy atom. The van der Waals surface area contributed by atoms with Crippen molar-refractivity contribution in [2.75, 3.05) is 51.4 Å². The van der Waals surface area contributed by atoms with E-state index in [2.05, 4.69) is 37.3 Å².